The lowest BCUT2D eigenvalue weighted by molar-refractivity contribution is 0.119. The van der Waals surface area contributed by atoms with E-state index in [0.29, 0.717) is 0 Å². The predicted molar refractivity (Wildman–Crippen MR) is 78.7 cm³/mol. The maximum Gasteiger partial charge on any atom is 0.0716 e. The Balaban J connectivity index is 1.54. The van der Waals surface area contributed by atoms with E-state index in [2.05, 4.69) is 41.8 Å². The highest BCUT2D eigenvalue weighted by Gasteiger charge is 1.91. The summed E-state index contributed by atoms with van der Waals surface area (Å²) in [6.45, 7) is 1.54. The van der Waals surface area contributed by atoms with Crippen LogP contribution in [0.5, 0.6) is 0 Å². The smallest absolute Gasteiger partial charge is 0.0716 e. The lowest BCUT2D eigenvalue weighted by Gasteiger charge is -2.02. The van der Waals surface area contributed by atoms with Crippen molar-refractivity contribution in [2.75, 3.05) is 6.61 Å². The van der Waals surface area contributed by atoms with Gasteiger partial charge in [-0.3, -0.25) is 0 Å². The van der Waals surface area contributed by atoms with Gasteiger partial charge in [0.15, 0.2) is 0 Å². The molecule has 0 amide bonds. The Kier molecular flexibility index (Phi) is 5.70. The molecule has 0 aliphatic rings. The van der Waals surface area contributed by atoms with Crippen LogP contribution < -0.4 is 0 Å². The van der Waals surface area contributed by atoms with Crippen molar-refractivity contribution < 1.29 is 4.74 Å². The van der Waals surface area contributed by atoms with Crippen LogP contribution in [0.4, 0.5) is 0 Å². The summed E-state index contributed by atoms with van der Waals surface area (Å²) in [4.78, 5) is 1.32. The van der Waals surface area contributed by atoms with E-state index in [1.54, 1.807) is 11.3 Å². The number of allylic oxidation sites excluding steroid dienone is 1. The molecule has 0 atom stereocenters. The number of thiophene rings is 1. The van der Waals surface area contributed by atoms with Crippen LogP contribution in [-0.4, -0.2) is 6.61 Å². The minimum atomic E-state index is 0.718. The molecule has 0 saturated heterocycles. The average Bonchev–Trinajstić information content (AvgIpc) is 2.92. The maximum absolute atomic E-state index is 5.63. The van der Waals surface area contributed by atoms with Gasteiger partial charge >= 0.3 is 0 Å². The van der Waals surface area contributed by atoms with Gasteiger partial charge in [-0.15, -0.1) is 11.3 Å². The van der Waals surface area contributed by atoms with Crippen LogP contribution in [0.2, 0.25) is 0 Å². The molecule has 2 aromatic rings. The Morgan fingerprint density at radius 1 is 1.06 bits per heavy atom. The van der Waals surface area contributed by atoms with E-state index in [0.717, 1.165) is 26.1 Å². The molecular formula is C16H18OS. The van der Waals surface area contributed by atoms with Gasteiger partial charge in [-0.2, -0.15) is 0 Å². The Morgan fingerprint density at radius 2 is 1.94 bits per heavy atom. The highest BCUT2D eigenvalue weighted by atomic mass is 32.1. The molecule has 2 rings (SSSR count). The van der Waals surface area contributed by atoms with Crippen molar-refractivity contribution in [1.29, 1.82) is 0 Å². The Hall–Kier alpha value is -1.38. The molecule has 0 aliphatic carbocycles. The Labute approximate surface area is 113 Å². The molecule has 0 unspecified atom stereocenters. The van der Waals surface area contributed by atoms with Gasteiger partial charge in [0.1, 0.15) is 0 Å². The van der Waals surface area contributed by atoms with Crippen molar-refractivity contribution in [3.05, 3.63) is 64.4 Å². The number of unbranched alkanes of at least 4 members (excludes halogenated alkanes) is 1. The van der Waals surface area contributed by atoms with Gasteiger partial charge in [-0.1, -0.05) is 42.5 Å². The minimum absolute atomic E-state index is 0.718. The number of hydrogen-bond acceptors (Lipinski definition) is 2. The molecule has 0 aliphatic heterocycles. The second kappa shape index (κ2) is 7.85. The third-order valence-electron chi connectivity index (χ3n) is 2.60. The van der Waals surface area contributed by atoms with Gasteiger partial charge in [0.25, 0.3) is 0 Å². The number of ether oxygens (including phenoxy) is 1. The molecule has 0 bridgehead atoms. The van der Waals surface area contributed by atoms with Crippen molar-refractivity contribution in [2.45, 2.75) is 19.4 Å². The maximum atomic E-state index is 5.63. The standard InChI is InChI=1S/C16H18OS/c1-3-8-15(9-4-1)14-17-12-6-2-5-10-16-11-7-13-18-16/h1,3-5,7-11,13H,2,6,12,14H2/b10-5-. The van der Waals surface area contributed by atoms with E-state index in [4.69, 9.17) is 4.74 Å². The van der Waals surface area contributed by atoms with Crippen LogP contribution in [-0.2, 0) is 11.3 Å². The van der Waals surface area contributed by atoms with Crippen LogP contribution >= 0.6 is 11.3 Å². The summed E-state index contributed by atoms with van der Waals surface area (Å²) in [6, 6.07) is 14.5. The molecule has 1 aromatic carbocycles. The fraction of sp³-hybridized carbons (Fsp3) is 0.250. The van der Waals surface area contributed by atoms with Crippen molar-refractivity contribution in [3.63, 3.8) is 0 Å². The molecule has 1 aromatic heterocycles. The van der Waals surface area contributed by atoms with Crippen molar-refractivity contribution in [3.8, 4) is 0 Å². The first-order valence-corrected chi connectivity index (χ1v) is 7.15. The first-order valence-electron chi connectivity index (χ1n) is 6.27. The van der Waals surface area contributed by atoms with Gasteiger partial charge in [0.05, 0.1) is 6.61 Å². The van der Waals surface area contributed by atoms with Gasteiger partial charge in [0, 0.05) is 11.5 Å². The first-order chi connectivity index (χ1) is 8.95. The molecule has 1 nitrogen and oxygen atoms in total. The van der Waals surface area contributed by atoms with E-state index in [9.17, 15) is 0 Å². The summed E-state index contributed by atoms with van der Waals surface area (Å²) in [6.07, 6.45) is 6.56. The monoisotopic (exact) mass is 258 g/mol. The number of benzene rings is 1. The van der Waals surface area contributed by atoms with Gasteiger partial charge < -0.3 is 4.74 Å². The molecule has 94 valence electrons. The Bertz CT molecular complexity index is 445. The molecule has 0 saturated carbocycles. The van der Waals surface area contributed by atoms with E-state index < -0.39 is 0 Å². The first kappa shape index (κ1) is 13.1. The van der Waals surface area contributed by atoms with Gasteiger partial charge in [-0.05, 0) is 35.9 Å². The highest BCUT2D eigenvalue weighted by molar-refractivity contribution is 7.10. The highest BCUT2D eigenvalue weighted by Crippen LogP contribution is 2.11. The fourth-order valence-corrected chi connectivity index (χ4v) is 2.30. The van der Waals surface area contributed by atoms with E-state index >= 15 is 0 Å². The van der Waals surface area contributed by atoms with Crippen molar-refractivity contribution >= 4 is 17.4 Å². The topological polar surface area (TPSA) is 9.23 Å². The zero-order valence-electron chi connectivity index (χ0n) is 10.4. The molecule has 2 heteroatoms. The largest absolute Gasteiger partial charge is 0.377 e. The van der Waals surface area contributed by atoms with Crippen molar-refractivity contribution in [2.24, 2.45) is 0 Å². The second-order valence-corrected chi connectivity index (χ2v) is 5.08. The fourth-order valence-electron chi connectivity index (χ4n) is 1.65. The van der Waals surface area contributed by atoms with E-state index in [1.807, 2.05) is 18.2 Å². The van der Waals surface area contributed by atoms with Gasteiger partial charge in [0.2, 0.25) is 0 Å². The van der Waals surface area contributed by atoms with Crippen LogP contribution in [0.25, 0.3) is 6.08 Å². The molecule has 0 spiro atoms. The summed E-state index contributed by atoms with van der Waals surface area (Å²) in [5.74, 6) is 0. The third kappa shape index (κ3) is 4.86. The number of rotatable bonds is 7. The summed E-state index contributed by atoms with van der Waals surface area (Å²) in [5, 5.41) is 2.10. The predicted octanol–water partition coefficient (Wildman–Crippen LogP) is 4.76. The van der Waals surface area contributed by atoms with Crippen molar-refractivity contribution in [1.82, 2.24) is 0 Å². The lowest BCUT2D eigenvalue weighted by Crippen LogP contribution is -1.94. The van der Waals surface area contributed by atoms with Gasteiger partial charge in [-0.25, -0.2) is 0 Å². The third-order valence-corrected chi connectivity index (χ3v) is 3.43. The summed E-state index contributed by atoms with van der Waals surface area (Å²) in [7, 11) is 0. The van der Waals surface area contributed by atoms with E-state index in [1.165, 1.54) is 10.4 Å². The van der Waals surface area contributed by atoms with Crippen LogP contribution in [0.15, 0.2) is 53.9 Å². The molecule has 0 radical (unpaired) electrons. The molecule has 0 fully saturated rings. The molecule has 0 N–H and O–H groups in total. The number of hydrogen-bond donors (Lipinski definition) is 0. The van der Waals surface area contributed by atoms with E-state index in [-0.39, 0.29) is 0 Å². The lowest BCUT2D eigenvalue weighted by atomic mass is 10.2. The SMILES string of the molecule is C(=C/c1cccs1)/CCCOCc1ccccc1. The van der Waals surface area contributed by atoms with Crippen LogP contribution in [0.3, 0.4) is 0 Å². The minimum Gasteiger partial charge on any atom is -0.377 e. The summed E-state index contributed by atoms with van der Waals surface area (Å²) in [5.41, 5.74) is 1.24. The van der Waals surface area contributed by atoms with Crippen LogP contribution in [0.1, 0.15) is 23.3 Å². The summed E-state index contributed by atoms with van der Waals surface area (Å²) >= 11 is 1.77. The Morgan fingerprint density at radius 3 is 2.72 bits per heavy atom. The zero-order chi connectivity index (χ0) is 12.5. The van der Waals surface area contributed by atoms with Crippen LogP contribution in [0, 0.1) is 0 Å². The average molecular weight is 258 g/mol. The molecule has 1 heterocycles. The normalized spacial score (nSPS) is 11.1. The second-order valence-electron chi connectivity index (χ2n) is 4.10. The quantitative estimate of drug-likeness (QED) is 0.651. The molecular weight excluding hydrogens is 240 g/mol. The molecule has 18 heavy (non-hydrogen) atoms. The summed E-state index contributed by atoms with van der Waals surface area (Å²) < 4.78 is 5.63. The zero-order valence-corrected chi connectivity index (χ0v) is 11.2.